The SMILES string of the molecule is NCCCCCCCCCCC=C(F)F. The summed E-state index contributed by atoms with van der Waals surface area (Å²) in [6, 6.07) is 0. The zero-order valence-electron chi connectivity index (χ0n) is 9.48. The van der Waals surface area contributed by atoms with Gasteiger partial charge in [-0.15, -0.1) is 0 Å². The van der Waals surface area contributed by atoms with Gasteiger partial charge in [0.15, 0.2) is 0 Å². The summed E-state index contributed by atoms with van der Waals surface area (Å²) in [5.74, 6) is 0. The molecule has 0 aromatic rings. The van der Waals surface area contributed by atoms with Gasteiger partial charge in [-0.05, 0) is 31.9 Å². The molecule has 0 aliphatic heterocycles. The van der Waals surface area contributed by atoms with E-state index < -0.39 is 6.08 Å². The van der Waals surface area contributed by atoms with Crippen LogP contribution in [-0.2, 0) is 0 Å². The van der Waals surface area contributed by atoms with Gasteiger partial charge in [-0.2, -0.15) is 8.78 Å². The van der Waals surface area contributed by atoms with Gasteiger partial charge >= 0.3 is 0 Å². The lowest BCUT2D eigenvalue weighted by Gasteiger charge is -2.00. The highest BCUT2D eigenvalue weighted by Gasteiger charge is 1.92. The number of nitrogens with two attached hydrogens (primary N) is 1. The number of rotatable bonds is 10. The van der Waals surface area contributed by atoms with Gasteiger partial charge in [0.25, 0.3) is 6.08 Å². The van der Waals surface area contributed by atoms with E-state index in [4.69, 9.17) is 5.73 Å². The van der Waals surface area contributed by atoms with Crippen LogP contribution < -0.4 is 5.73 Å². The fourth-order valence-electron chi connectivity index (χ4n) is 1.56. The Hall–Kier alpha value is -0.440. The molecule has 15 heavy (non-hydrogen) atoms. The second-order valence-electron chi connectivity index (χ2n) is 3.90. The van der Waals surface area contributed by atoms with Gasteiger partial charge in [0.2, 0.25) is 0 Å². The fourth-order valence-corrected chi connectivity index (χ4v) is 1.56. The van der Waals surface area contributed by atoms with Gasteiger partial charge in [0, 0.05) is 0 Å². The second kappa shape index (κ2) is 11.6. The molecular weight excluding hydrogens is 196 g/mol. The smallest absolute Gasteiger partial charge is 0.266 e. The lowest BCUT2D eigenvalue weighted by atomic mass is 10.1. The predicted octanol–water partition coefficient (Wildman–Crippen LogP) is 4.24. The average molecular weight is 219 g/mol. The topological polar surface area (TPSA) is 26.0 Å². The van der Waals surface area contributed by atoms with Crippen molar-refractivity contribution >= 4 is 0 Å². The van der Waals surface area contributed by atoms with E-state index in [1.807, 2.05) is 0 Å². The molecule has 0 aliphatic carbocycles. The highest BCUT2D eigenvalue weighted by molar-refractivity contribution is 4.79. The van der Waals surface area contributed by atoms with Crippen LogP contribution in [0, 0.1) is 0 Å². The Morgan fingerprint density at radius 2 is 1.27 bits per heavy atom. The quantitative estimate of drug-likeness (QED) is 0.546. The van der Waals surface area contributed by atoms with E-state index in [9.17, 15) is 8.78 Å². The van der Waals surface area contributed by atoms with E-state index in [1.165, 1.54) is 32.1 Å². The maximum Gasteiger partial charge on any atom is 0.266 e. The standard InChI is InChI=1S/C12H23F2N/c13-12(14)10-8-6-4-2-1-3-5-7-9-11-15/h10H,1-9,11,15H2. The van der Waals surface area contributed by atoms with Crippen molar-refractivity contribution in [3.8, 4) is 0 Å². The average Bonchev–Trinajstić information content (AvgIpc) is 2.20. The third-order valence-electron chi connectivity index (χ3n) is 2.46. The number of hydrogen-bond donors (Lipinski definition) is 1. The first kappa shape index (κ1) is 14.6. The van der Waals surface area contributed by atoms with Crippen molar-refractivity contribution < 1.29 is 8.78 Å². The lowest BCUT2D eigenvalue weighted by molar-refractivity contribution is 0.416. The third kappa shape index (κ3) is 13.6. The van der Waals surface area contributed by atoms with Crippen molar-refractivity contribution in [2.75, 3.05) is 6.54 Å². The van der Waals surface area contributed by atoms with Crippen molar-refractivity contribution in [2.45, 2.75) is 57.8 Å². The van der Waals surface area contributed by atoms with E-state index in [2.05, 4.69) is 0 Å². The molecule has 3 heteroatoms. The summed E-state index contributed by atoms with van der Waals surface area (Å²) in [6.45, 7) is 0.793. The second-order valence-corrected chi connectivity index (χ2v) is 3.90. The van der Waals surface area contributed by atoms with Crippen LogP contribution in [0.2, 0.25) is 0 Å². The monoisotopic (exact) mass is 219 g/mol. The highest BCUT2D eigenvalue weighted by atomic mass is 19.3. The van der Waals surface area contributed by atoms with Crippen LogP contribution in [0.5, 0.6) is 0 Å². The van der Waals surface area contributed by atoms with E-state index in [-0.39, 0.29) is 0 Å². The van der Waals surface area contributed by atoms with Gasteiger partial charge in [0.1, 0.15) is 0 Å². The first-order chi connectivity index (χ1) is 7.27. The molecule has 0 saturated heterocycles. The minimum absolute atomic E-state index is 0.523. The first-order valence-electron chi connectivity index (χ1n) is 5.98. The molecule has 0 radical (unpaired) electrons. The van der Waals surface area contributed by atoms with Gasteiger partial charge in [-0.1, -0.05) is 38.5 Å². The molecule has 0 fully saturated rings. The van der Waals surface area contributed by atoms with Gasteiger partial charge in [-0.3, -0.25) is 0 Å². The molecule has 90 valence electrons. The maximum absolute atomic E-state index is 11.6. The van der Waals surface area contributed by atoms with Gasteiger partial charge < -0.3 is 5.73 Å². The summed E-state index contributed by atoms with van der Waals surface area (Å²) >= 11 is 0. The minimum atomic E-state index is -1.54. The molecule has 0 aliphatic rings. The van der Waals surface area contributed by atoms with Crippen LogP contribution in [0.4, 0.5) is 8.78 Å². The van der Waals surface area contributed by atoms with E-state index in [1.54, 1.807) is 0 Å². The number of hydrogen-bond acceptors (Lipinski definition) is 1. The van der Waals surface area contributed by atoms with Crippen molar-refractivity contribution in [1.82, 2.24) is 0 Å². The van der Waals surface area contributed by atoms with Crippen molar-refractivity contribution in [2.24, 2.45) is 5.73 Å². The predicted molar refractivity (Wildman–Crippen MR) is 60.9 cm³/mol. The van der Waals surface area contributed by atoms with Gasteiger partial charge in [0.05, 0.1) is 0 Å². The van der Waals surface area contributed by atoms with E-state index >= 15 is 0 Å². The molecule has 0 rings (SSSR count). The van der Waals surface area contributed by atoms with Crippen LogP contribution in [0.3, 0.4) is 0 Å². The Balaban J connectivity index is 2.96. The van der Waals surface area contributed by atoms with Crippen molar-refractivity contribution in [3.05, 3.63) is 12.2 Å². The number of halogens is 2. The molecule has 0 amide bonds. The Bertz CT molecular complexity index is 154. The summed E-state index contributed by atoms with van der Waals surface area (Å²) in [5.41, 5.74) is 5.38. The zero-order chi connectivity index (χ0) is 11.4. The number of unbranched alkanes of at least 4 members (excludes halogenated alkanes) is 8. The van der Waals surface area contributed by atoms with Crippen molar-refractivity contribution in [1.29, 1.82) is 0 Å². The van der Waals surface area contributed by atoms with Crippen LogP contribution in [0.25, 0.3) is 0 Å². The molecule has 0 bridgehead atoms. The molecular formula is C12H23F2N. The third-order valence-corrected chi connectivity index (χ3v) is 2.46. The maximum atomic E-state index is 11.6. The molecule has 0 atom stereocenters. The van der Waals surface area contributed by atoms with E-state index in [0.717, 1.165) is 31.9 Å². The summed E-state index contributed by atoms with van der Waals surface area (Å²) in [4.78, 5) is 0. The molecule has 0 aromatic carbocycles. The Kier molecular flexibility index (Phi) is 11.3. The summed E-state index contributed by atoms with van der Waals surface area (Å²) in [6.07, 6.45) is 9.22. The molecule has 0 heterocycles. The minimum Gasteiger partial charge on any atom is -0.330 e. The van der Waals surface area contributed by atoms with Crippen LogP contribution in [-0.4, -0.2) is 6.54 Å². The summed E-state index contributed by atoms with van der Waals surface area (Å²) < 4.78 is 23.3. The Morgan fingerprint density at radius 1 is 0.800 bits per heavy atom. The summed E-state index contributed by atoms with van der Waals surface area (Å²) in [5, 5.41) is 0. The van der Waals surface area contributed by atoms with Gasteiger partial charge in [-0.25, -0.2) is 0 Å². The Morgan fingerprint density at radius 3 is 1.73 bits per heavy atom. The van der Waals surface area contributed by atoms with Crippen LogP contribution in [0.1, 0.15) is 57.8 Å². The normalized spacial score (nSPS) is 10.3. The van der Waals surface area contributed by atoms with Crippen LogP contribution >= 0.6 is 0 Å². The molecule has 0 saturated carbocycles. The molecule has 2 N–H and O–H groups in total. The van der Waals surface area contributed by atoms with Crippen LogP contribution in [0.15, 0.2) is 12.2 Å². The summed E-state index contributed by atoms with van der Waals surface area (Å²) in [7, 11) is 0. The zero-order valence-corrected chi connectivity index (χ0v) is 9.48. The number of allylic oxidation sites excluding steroid dienone is 1. The van der Waals surface area contributed by atoms with E-state index in [0.29, 0.717) is 6.42 Å². The highest BCUT2D eigenvalue weighted by Crippen LogP contribution is 2.10. The largest absolute Gasteiger partial charge is 0.330 e. The van der Waals surface area contributed by atoms with Crippen molar-refractivity contribution in [3.63, 3.8) is 0 Å². The fraction of sp³-hybridized carbons (Fsp3) is 0.833. The molecule has 0 unspecified atom stereocenters. The Labute approximate surface area is 91.7 Å². The molecule has 1 nitrogen and oxygen atoms in total. The lowest BCUT2D eigenvalue weighted by Crippen LogP contribution is -1.97. The first-order valence-corrected chi connectivity index (χ1v) is 5.98. The molecule has 0 aromatic heterocycles. The molecule has 0 spiro atoms.